The van der Waals surface area contributed by atoms with Gasteiger partial charge in [-0.15, -0.1) is 0 Å². The molecule has 14 heteroatoms. The van der Waals surface area contributed by atoms with Crippen LogP contribution in [-0.4, -0.2) is 81.5 Å². The highest BCUT2D eigenvalue weighted by Crippen LogP contribution is 2.42. The van der Waals surface area contributed by atoms with Gasteiger partial charge in [-0.05, 0) is 50.7 Å². The van der Waals surface area contributed by atoms with Gasteiger partial charge in [-0.3, -0.25) is 19.5 Å². The van der Waals surface area contributed by atoms with Crippen molar-refractivity contribution in [3.8, 4) is 17.2 Å². The Morgan fingerprint density at radius 1 is 1.09 bits per heavy atom. The highest BCUT2D eigenvalue weighted by molar-refractivity contribution is 7.07. The van der Waals surface area contributed by atoms with Gasteiger partial charge in [0.15, 0.2) is 16.3 Å². The zero-order valence-electron chi connectivity index (χ0n) is 26.0. The molecule has 1 atom stereocenters. The van der Waals surface area contributed by atoms with E-state index in [1.54, 1.807) is 38.1 Å². The fourth-order valence-corrected chi connectivity index (χ4v) is 6.65. The summed E-state index contributed by atoms with van der Waals surface area (Å²) in [6.45, 7) is 6.67. The number of rotatable bonds is 9. The highest BCUT2D eigenvalue weighted by Gasteiger charge is 2.35. The van der Waals surface area contributed by atoms with Crippen LogP contribution in [0.4, 0.5) is 11.4 Å². The number of carbonyl (C=O) groups is 1. The van der Waals surface area contributed by atoms with Crippen LogP contribution in [0.15, 0.2) is 51.4 Å². The first-order chi connectivity index (χ1) is 21.6. The van der Waals surface area contributed by atoms with Crippen LogP contribution in [0.1, 0.15) is 31.0 Å². The number of fused-ring (bicyclic) bond motifs is 1. The third kappa shape index (κ3) is 6.02. The number of hydrogen-bond donors (Lipinski definition) is 0. The number of nitrogens with zero attached hydrogens (tertiary/aromatic N) is 5. The monoisotopic (exact) mass is 637 g/mol. The third-order valence-corrected chi connectivity index (χ3v) is 8.86. The lowest BCUT2D eigenvalue weighted by Gasteiger charge is -2.34. The predicted octanol–water partition coefficient (Wildman–Crippen LogP) is 2.48. The summed E-state index contributed by atoms with van der Waals surface area (Å²) < 4.78 is 23.8. The third-order valence-electron chi connectivity index (χ3n) is 7.87. The quantitative estimate of drug-likeness (QED) is 0.195. The fraction of sp³-hybridized carbons (Fsp3) is 0.387. The molecule has 2 aliphatic heterocycles. The van der Waals surface area contributed by atoms with Crippen LogP contribution in [0.2, 0.25) is 0 Å². The van der Waals surface area contributed by atoms with Crippen LogP contribution >= 0.6 is 11.3 Å². The Balaban J connectivity index is 1.75. The summed E-state index contributed by atoms with van der Waals surface area (Å²) in [5.74, 6) is 0.444. The molecule has 238 valence electrons. The minimum Gasteiger partial charge on any atom is -0.493 e. The summed E-state index contributed by atoms with van der Waals surface area (Å²) in [7, 11) is 6.50. The summed E-state index contributed by atoms with van der Waals surface area (Å²) in [6.07, 6.45) is 1.67. The van der Waals surface area contributed by atoms with Crippen molar-refractivity contribution in [1.82, 2.24) is 9.47 Å². The predicted molar refractivity (Wildman–Crippen MR) is 169 cm³/mol. The van der Waals surface area contributed by atoms with E-state index in [4.69, 9.17) is 18.9 Å². The second-order valence-electron chi connectivity index (χ2n) is 10.6. The molecule has 1 saturated heterocycles. The molecular formula is C31H35N5O8S. The van der Waals surface area contributed by atoms with E-state index in [-0.39, 0.29) is 17.9 Å². The summed E-state index contributed by atoms with van der Waals surface area (Å²) in [6, 6.07) is 7.14. The van der Waals surface area contributed by atoms with E-state index >= 15 is 0 Å². The maximum atomic E-state index is 14.3. The number of piperazine rings is 1. The van der Waals surface area contributed by atoms with Gasteiger partial charge in [0.05, 0.1) is 54.7 Å². The summed E-state index contributed by atoms with van der Waals surface area (Å²) in [4.78, 5) is 48.3. The molecule has 3 aromatic rings. The maximum absolute atomic E-state index is 14.3. The van der Waals surface area contributed by atoms with Gasteiger partial charge in [0.25, 0.3) is 11.2 Å². The van der Waals surface area contributed by atoms with Crippen LogP contribution in [0.25, 0.3) is 6.08 Å². The van der Waals surface area contributed by atoms with Gasteiger partial charge < -0.3 is 28.7 Å². The number of non-ortho nitro benzene ring substituents is 1. The molecule has 0 bridgehead atoms. The molecule has 0 N–H and O–H groups in total. The molecular weight excluding hydrogens is 602 g/mol. The van der Waals surface area contributed by atoms with Crippen molar-refractivity contribution in [2.45, 2.75) is 19.9 Å². The summed E-state index contributed by atoms with van der Waals surface area (Å²) in [5, 5.41) is 11.7. The normalized spacial score (nSPS) is 17.1. The Morgan fingerprint density at radius 3 is 2.33 bits per heavy atom. The molecule has 1 fully saturated rings. The molecule has 2 aliphatic rings. The van der Waals surface area contributed by atoms with Gasteiger partial charge in [0.1, 0.15) is 0 Å². The van der Waals surface area contributed by atoms with E-state index in [0.29, 0.717) is 43.4 Å². The first kappa shape index (κ1) is 31.7. The minimum absolute atomic E-state index is 0.0809. The van der Waals surface area contributed by atoms with Crippen molar-refractivity contribution >= 4 is 34.8 Å². The number of nitro benzene ring substituents is 1. The minimum atomic E-state index is -0.932. The number of nitro groups is 1. The van der Waals surface area contributed by atoms with Crippen molar-refractivity contribution in [1.29, 1.82) is 0 Å². The smallest absolute Gasteiger partial charge is 0.338 e. The number of methoxy groups -OCH3 is 3. The van der Waals surface area contributed by atoms with E-state index in [1.807, 2.05) is 7.05 Å². The van der Waals surface area contributed by atoms with Gasteiger partial charge in [-0.1, -0.05) is 11.3 Å². The van der Waals surface area contributed by atoms with Crippen LogP contribution in [0.3, 0.4) is 0 Å². The first-order valence-electron chi connectivity index (χ1n) is 14.3. The number of allylic oxidation sites excluding steroid dienone is 1. The number of anilines is 1. The molecule has 1 aromatic heterocycles. The second-order valence-corrected chi connectivity index (χ2v) is 11.6. The Kier molecular flexibility index (Phi) is 9.25. The number of hydrogen-bond acceptors (Lipinski definition) is 12. The molecule has 45 heavy (non-hydrogen) atoms. The molecule has 0 unspecified atom stereocenters. The summed E-state index contributed by atoms with van der Waals surface area (Å²) >= 11 is 1.14. The van der Waals surface area contributed by atoms with Gasteiger partial charge in [-0.2, -0.15) is 0 Å². The van der Waals surface area contributed by atoms with Crippen LogP contribution in [0, 0.1) is 10.1 Å². The molecule has 2 aromatic carbocycles. The lowest BCUT2D eigenvalue weighted by molar-refractivity contribution is -0.384. The first-order valence-corrected chi connectivity index (χ1v) is 15.1. The molecule has 0 aliphatic carbocycles. The fourth-order valence-electron chi connectivity index (χ4n) is 5.61. The Morgan fingerprint density at radius 2 is 1.76 bits per heavy atom. The SMILES string of the molecule is CCOC(=O)C1=C(C)N=c2s/c(=C/c3cc([N+](=O)[O-])ccc3N3CCN(C)CC3)c(=O)n2[C@@H]1c1cc(OC)c(OC)c(OC)c1. The number of thiazole rings is 1. The molecule has 0 amide bonds. The molecule has 5 rings (SSSR count). The molecule has 0 radical (unpaired) electrons. The topological polar surface area (TPSA) is 138 Å². The molecule has 0 spiro atoms. The Labute approximate surface area is 263 Å². The van der Waals surface area contributed by atoms with Gasteiger partial charge >= 0.3 is 5.97 Å². The van der Waals surface area contributed by atoms with Gasteiger partial charge in [0.2, 0.25) is 5.75 Å². The molecule has 3 heterocycles. The lowest BCUT2D eigenvalue weighted by atomic mass is 9.95. The molecule has 13 nitrogen and oxygen atoms in total. The second kappa shape index (κ2) is 13.1. The highest BCUT2D eigenvalue weighted by atomic mass is 32.1. The summed E-state index contributed by atoms with van der Waals surface area (Å²) in [5.41, 5.74) is 1.95. The number of likely N-dealkylation sites (N-methyl/N-ethyl adjacent to an activating group) is 1. The Hall–Kier alpha value is -4.69. The number of ether oxygens (including phenoxy) is 4. The van der Waals surface area contributed by atoms with Crippen molar-refractivity contribution in [2.75, 3.05) is 66.1 Å². The van der Waals surface area contributed by atoms with E-state index < -0.39 is 22.5 Å². The van der Waals surface area contributed by atoms with Crippen molar-refractivity contribution in [3.05, 3.63) is 82.5 Å². The van der Waals surface area contributed by atoms with Gasteiger partial charge in [0, 0.05) is 49.6 Å². The zero-order valence-corrected chi connectivity index (χ0v) is 26.8. The largest absolute Gasteiger partial charge is 0.493 e. The van der Waals surface area contributed by atoms with E-state index in [9.17, 15) is 19.7 Å². The Bertz CT molecular complexity index is 1830. The van der Waals surface area contributed by atoms with E-state index in [2.05, 4.69) is 14.8 Å². The zero-order chi connectivity index (χ0) is 32.4. The van der Waals surface area contributed by atoms with E-state index in [1.165, 1.54) is 38.0 Å². The van der Waals surface area contributed by atoms with Crippen LogP contribution < -0.4 is 34.0 Å². The van der Waals surface area contributed by atoms with Crippen LogP contribution in [0.5, 0.6) is 17.2 Å². The lowest BCUT2D eigenvalue weighted by Crippen LogP contribution is -2.44. The number of benzene rings is 2. The van der Waals surface area contributed by atoms with Gasteiger partial charge in [-0.25, -0.2) is 9.79 Å². The maximum Gasteiger partial charge on any atom is 0.338 e. The van der Waals surface area contributed by atoms with E-state index in [0.717, 1.165) is 43.2 Å². The average Bonchev–Trinajstić information content (AvgIpc) is 3.33. The van der Waals surface area contributed by atoms with Crippen molar-refractivity contribution < 1.29 is 28.7 Å². The van der Waals surface area contributed by atoms with Crippen molar-refractivity contribution in [2.24, 2.45) is 4.99 Å². The van der Waals surface area contributed by atoms with Crippen molar-refractivity contribution in [3.63, 3.8) is 0 Å². The number of carbonyl (C=O) groups excluding carboxylic acids is 1. The molecule has 0 saturated carbocycles. The number of aromatic nitrogens is 1. The number of esters is 1. The van der Waals surface area contributed by atoms with Crippen LogP contribution in [-0.2, 0) is 9.53 Å². The standard InChI is InChI=1S/C31H35N5O8S/c1-7-44-30(38)26-18(2)32-31-35(27(26)20-15-23(41-4)28(43-6)24(16-20)42-5)29(37)25(45-31)17-19-14-21(36(39)40)8-9-22(19)34-12-10-33(3)11-13-34/h8-9,14-17,27H,7,10-13H2,1-6H3/b25-17+/t27-/m1/s1. The average molecular weight is 638 g/mol.